The molecule has 3 N–H and O–H groups in total. The van der Waals surface area contributed by atoms with Crippen LogP contribution in [-0.4, -0.2) is 50.5 Å². The first-order chi connectivity index (χ1) is 17.9. The summed E-state index contributed by atoms with van der Waals surface area (Å²) in [6.07, 6.45) is -0.783. The maximum Gasteiger partial charge on any atom is 0.306 e. The third-order valence-corrected chi connectivity index (χ3v) is 6.04. The summed E-state index contributed by atoms with van der Waals surface area (Å²) in [5.41, 5.74) is 7.53. The molecule has 0 saturated carbocycles. The predicted octanol–water partition coefficient (Wildman–Crippen LogP) is 4.14. The van der Waals surface area contributed by atoms with Gasteiger partial charge in [-0.2, -0.15) is 0 Å². The molecule has 0 fully saturated rings. The predicted molar refractivity (Wildman–Crippen MR) is 139 cm³/mol. The molecule has 0 aliphatic heterocycles. The highest BCUT2D eigenvalue weighted by Gasteiger charge is 2.38. The Morgan fingerprint density at radius 1 is 0.811 bits per heavy atom. The zero-order valence-corrected chi connectivity index (χ0v) is 21.1. The molecule has 196 valence electrons. The molecule has 1 atom stereocenters. The first-order valence-electron chi connectivity index (χ1n) is 12.0. The Hall–Kier alpha value is -3.88. The average molecular weight is 508 g/mol. The van der Waals surface area contributed by atoms with Gasteiger partial charge in [0.05, 0.1) is 33.7 Å². The van der Waals surface area contributed by atoms with Crippen LogP contribution in [0.1, 0.15) is 36.0 Å². The summed E-state index contributed by atoms with van der Waals surface area (Å²) in [5, 5.41) is 8.81. The lowest BCUT2D eigenvalue weighted by Gasteiger charge is -2.36. The molecule has 0 amide bonds. The van der Waals surface area contributed by atoms with Crippen LogP contribution >= 0.6 is 0 Å². The number of rotatable bonds is 14. The molecule has 0 aliphatic rings. The van der Waals surface area contributed by atoms with Gasteiger partial charge in [-0.1, -0.05) is 54.6 Å². The molecule has 0 saturated heterocycles. The molecule has 8 nitrogen and oxygen atoms in total. The highest BCUT2D eigenvalue weighted by atomic mass is 16.5. The Bertz CT molecular complexity index is 1080. The summed E-state index contributed by atoms with van der Waals surface area (Å²) in [6, 6.07) is 25.2. The number of carbonyl (C=O) groups excluding carboxylic acids is 1. The van der Waals surface area contributed by atoms with E-state index < -0.39 is 23.6 Å². The molecule has 8 heteroatoms. The second kappa shape index (κ2) is 13.4. The van der Waals surface area contributed by atoms with Gasteiger partial charge < -0.3 is 29.8 Å². The van der Waals surface area contributed by atoms with E-state index in [2.05, 4.69) is 0 Å². The van der Waals surface area contributed by atoms with Gasteiger partial charge in [0.1, 0.15) is 23.2 Å². The number of carboxylic acids is 1. The SMILES string of the molecule is COc1ccc(C(OCCC(CN)OC(=O)CCC(=O)O)(c2ccccc2)c2ccc(OC)cc2)cc1. The Morgan fingerprint density at radius 3 is 1.78 bits per heavy atom. The number of carboxylic acid groups (broad SMARTS) is 1. The molecule has 0 aromatic heterocycles. The van der Waals surface area contributed by atoms with Crippen molar-refractivity contribution in [2.45, 2.75) is 31.0 Å². The van der Waals surface area contributed by atoms with E-state index in [4.69, 9.17) is 29.8 Å². The number of hydrogen-bond acceptors (Lipinski definition) is 7. The molecule has 37 heavy (non-hydrogen) atoms. The highest BCUT2D eigenvalue weighted by molar-refractivity contribution is 5.76. The minimum absolute atomic E-state index is 0.0889. The van der Waals surface area contributed by atoms with E-state index in [1.165, 1.54) is 0 Å². The van der Waals surface area contributed by atoms with Gasteiger partial charge in [-0.3, -0.25) is 9.59 Å². The standard InChI is InChI=1S/C29H33NO7/c1-34-24-12-8-22(9-13-24)29(21-6-4-3-5-7-21,23-10-14-25(35-2)15-11-23)36-19-18-26(20-30)37-28(33)17-16-27(31)32/h3-15,26H,16-20,30H2,1-2H3,(H,31,32). The lowest BCUT2D eigenvalue weighted by atomic mass is 9.80. The number of hydrogen-bond donors (Lipinski definition) is 2. The van der Waals surface area contributed by atoms with Crippen LogP contribution in [0.4, 0.5) is 0 Å². The van der Waals surface area contributed by atoms with Gasteiger partial charge in [0.15, 0.2) is 0 Å². The topological polar surface area (TPSA) is 117 Å². The lowest BCUT2D eigenvalue weighted by molar-refractivity contribution is -0.152. The van der Waals surface area contributed by atoms with Crippen LogP contribution in [0.15, 0.2) is 78.9 Å². The largest absolute Gasteiger partial charge is 0.497 e. The molecule has 0 spiro atoms. The first kappa shape index (κ1) is 27.7. The van der Waals surface area contributed by atoms with Crippen molar-refractivity contribution in [1.29, 1.82) is 0 Å². The minimum atomic E-state index is -1.06. The van der Waals surface area contributed by atoms with Crippen molar-refractivity contribution in [3.05, 3.63) is 95.6 Å². The molecule has 0 aliphatic carbocycles. The molecule has 0 heterocycles. The van der Waals surface area contributed by atoms with Crippen LogP contribution in [0.2, 0.25) is 0 Å². The van der Waals surface area contributed by atoms with Crippen LogP contribution in [0, 0.1) is 0 Å². The third kappa shape index (κ3) is 7.09. The molecule has 0 bridgehead atoms. The molecule has 3 aromatic rings. The van der Waals surface area contributed by atoms with Gasteiger partial charge in [-0.05, 0) is 41.0 Å². The Kier molecular flexibility index (Phi) is 10.1. The molecule has 3 aromatic carbocycles. The quantitative estimate of drug-likeness (QED) is 0.247. The van der Waals surface area contributed by atoms with Crippen LogP contribution < -0.4 is 15.2 Å². The smallest absolute Gasteiger partial charge is 0.306 e. The maximum atomic E-state index is 12.1. The summed E-state index contributed by atoms with van der Waals surface area (Å²) < 4.78 is 22.9. The van der Waals surface area contributed by atoms with Crippen molar-refractivity contribution < 1.29 is 33.6 Å². The minimum Gasteiger partial charge on any atom is -0.497 e. The monoisotopic (exact) mass is 507 g/mol. The van der Waals surface area contributed by atoms with E-state index in [1.807, 2.05) is 78.9 Å². The van der Waals surface area contributed by atoms with Gasteiger partial charge in [0.2, 0.25) is 0 Å². The van der Waals surface area contributed by atoms with E-state index in [0.717, 1.165) is 28.2 Å². The molecule has 1 unspecified atom stereocenters. The van der Waals surface area contributed by atoms with E-state index >= 15 is 0 Å². The van der Waals surface area contributed by atoms with Gasteiger partial charge in [-0.15, -0.1) is 0 Å². The van der Waals surface area contributed by atoms with Crippen LogP contribution in [-0.2, 0) is 24.7 Å². The summed E-state index contributed by atoms with van der Waals surface area (Å²) in [4.78, 5) is 22.8. The fourth-order valence-electron chi connectivity index (χ4n) is 4.10. The number of ether oxygens (including phenoxy) is 4. The zero-order chi connectivity index (χ0) is 26.7. The third-order valence-electron chi connectivity index (χ3n) is 6.04. The first-order valence-corrected chi connectivity index (χ1v) is 12.0. The number of carbonyl (C=O) groups is 2. The van der Waals surface area contributed by atoms with Crippen molar-refractivity contribution in [3.63, 3.8) is 0 Å². The molecule has 3 rings (SSSR count). The summed E-state index contributed by atoms with van der Waals surface area (Å²) in [5.74, 6) is -0.220. The fourth-order valence-corrected chi connectivity index (χ4v) is 4.10. The van der Waals surface area contributed by atoms with Crippen molar-refractivity contribution in [3.8, 4) is 11.5 Å². The van der Waals surface area contributed by atoms with Gasteiger partial charge in [0.25, 0.3) is 0 Å². The summed E-state index contributed by atoms with van der Waals surface area (Å²) in [6.45, 7) is 0.298. The maximum absolute atomic E-state index is 12.1. The number of aliphatic carboxylic acids is 1. The molecular weight excluding hydrogens is 474 g/mol. The van der Waals surface area contributed by atoms with Gasteiger partial charge in [-0.25, -0.2) is 0 Å². The number of nitrogens with two attached hydrogens (primary N) is 1. The lowest BCUT2D eigenvalue weighted by Crippen LogP contribution is -2.35. The van der Waals surface area contributed by atoms with Gasteiger partial charge >= 0.3 is 11.9 Å². The summed E-state index contributed by atoms with van der Waals surface area (Å²) >= 11 is 0. The van der Waals surface area contributed by atoms with Crippen molar-refractivity contribution >= 4 is 11.9 Å². The second-order valence-corrected chi connectivity index (χ2v) is 8.38. The van der Waals surface area contributed by atoms with E-state index in [0.29, 0.717) is 6.42 Å². The van der Waals surface area contributed by atoms with Gasteiger partial charge in [0, 0.05) is 13.0 Å². The van der Waals surface area contributed by atoms with Crippen molar-refractivity contribution in [2.24, 2.45) is 5.73 Å². The van der Waals surface area contributed by atoms with E-state index in [9.17, 15) is 9.59 Å². The number of esters is 1. The van der Waals surface area contributed by atoms with Crippen molar-refractivity contribution in [1.82, 2.24) is 0 Å². The van der Waals surface area contributed by atoms with Crippen LogP contribution in [0.25, 0.3) is 0 Å². The highest BCUT2D eigenvalue weighted by Crippen LogP contribution is 2.41. The normalized spacial score (nSPS) is 12.0. The number of methoxy groups -OCH3 is 2. The Labute approximate surface area is 216 Å². The van der Waals surface area contributed by atoms with Crippen LogP contribution in [0.5, 0.6) is 11.5 Å². The van der Waals surface area contributed by atoms with Crippen molar-refractivity contribution in [2.75, 3.05) is 27.4 Å². The fraction of sp³-hybridized carbons (Fsp3) is 0.310. The summed E-state index contributed by atoms with van der Waals surface area (Å²) in [7, 11) is 3.23. The Morgan fingerprint density at radius 2 is 1.32 bits per heavy atom. The zero-order valence-electron chi connectivity index (χ0n) is 21.1. The van der Waals surface area contributed by atoms with E-state index in [-0.39, 0.29) is 26.0 Å². The second-order valence-electron chi connectivity index (χ2n) is 8.38. The number of benzene rings is 3. The van der Waals surface area contributed by atoms with Crippen LogP contribution in [0.3, 0.4) is 0 Å². The average Bonchev–Trinajstić information content (AvgIpc) is 2.94. The molecular formula is C29H33NO7. The van der Waals surface area contributed by atoms with E-state index in [1.54, 1.807) is 14.2 Å². The Balaban J connectivity index is 1.95. The molecule has 0 radical (unpaired) electrons.